The first-order chi connectivity index (χ1) is 15.0. The second kappa shape index (κ2) is 7.14. The van der Waals surface area contributed by atoms with Crippen molar-refractivity contribution in [3.05, 3.63) is 94.3 Å². The molecule has 0 fully saturated rings. The van der Waals surface area contributed by atoms with Crippen molar-refractivity contribution >= 4 is 22.5 Å². The quantitative estimate of drug-likeness (QED) is 0.454. The lowest BCUT2D eigenvalue weighted by Crippen LogP contribution is -2.18. The van der Waals surface area contributed by atoms with Crippen molar-refractivity contribution in [1.29, 1.82) is 0 Å². The monoisotopic (exact) mass is 408 g/mol. The minimum atomic E-state index is -1.08. The van der Waals surface area contributed by atoms with Gasteiger partial charge in [0.15, 0.2) is 17.2 Å². The van der Waals surface area contributed by atoms with Crippen molar-refractivity contribution in [1.82, 2.24) is 19.6 Å². The SMILES string of the molecule is Cc1ccc(-c2nn3c(-c4ccccc4C(=O)O)nc4ccccc4c3nc2=O)cc1. The molecule has 2 heterocycles. The fourth-order valence-corrected chi connectivity index (χ4v) is 3.56. The van der Waals surface area contributed by atoms with Gasteiger partial charge in [0.2, 0.25) is 0 Å². The maximum absolute atomic E-state index is 12.9. The van der Waals surface area contributed by atoms with Crippen molar-refractivity contribution in [3.63, 3.8) is 0 Å². The van der Waals surface area contributed by atoms with E-state index in [2.05, 4.69) is 10.1 Å². The number of para-hydroxylation sites is 1. The largest absolute Gasteiger partial charge is 0.478 e. The van der Waals surface area contributed by atoms with Gasteiger partial charge in [0.25, 0.3) is 5.56 Å². The number of aromatic nitrogens is 4. The highest BCUT2D eigenvalue weighted by Gasteiger charge is 2.19. The van der Waals surface area contributed by atoms with Crippen LogP contribution in [0.1, 0.15) is 15.9 Å². The first-order valence-electron chi connectivity index (χ1n) is 9.62. The van der Waals surface area contributed by atoms with E-state index in [-0.39, 0.29) is 11.3 Å². The van der Waals surface area contributed by atoms with Gasteiger partial charge < -0.3 is 5.11 Å². The van der Waals surface area contributed by atoms with E-state index in [1.165, 1.54) is 10.6 Å². The molecule has 0 aliphatic heterocycles. The lowest BCUT2D eigenvalue weighted by molar-refractivity contribution is 0.0697. The zero-order valence-corrected chi connectivity index (χ0v) is 16.5. The molecule has 0 spiro atoms. The van der Waals surface area contributed by atoms with Crippen LogP contribution in [0.25, 0.3) is 39.2 Å². The minimum absolute atomic E-state index is 0.0870. The van der Waals surface area contributed by atoms with Crippen LogP contribution in [-0.4, -0.2) is 30.7 Å². The Kier molecular flexibility index (Phi) is 4.29. The Morgan fingerprint density at radius 1 is 0.903 bits per heavy atom. The molecule has 150 valence electrons. The topological polar surface area (TPSA) is 97.5 Å². The van der Waals surface area contributed by atoms with Crippen molar-refractivity contribution in [3.8, 4) is 22.6 Å². The van der Waals surface area contributed by atoms with Gasteiger partial charge in [-0.1, -0.05) is 60.2 Å². The maximum Gasteiger partial charge on any atom is 0.336 e. The third-order valence-corrected chi connectivity index (χ3v) is 5.11. The molecule has 3 aromatic carbocycles. The summed E-state index contributed by atoms with van der Waals surface area (Å²) in [4.78, 5) is 33.7. The Morgan fingerprint density at radius 2 is 1.61 bits per heavy atom. The third kappa shape index (κ3) is 3.12. The zero-order valence-electron chi connectivity index (χ0n) is 16.5. The molecule has 0 aliphatic rings. The van der Waals surface area contributed by atoms with Gasteiger partial charge in [0.05, 0.1) is 11.1 Å². The number of aryl methyl sites for hydroxylation is 1. The van der Waals surface area contributed by atoms with E-state index in [9.17, 15) is 14.7 Å². The first kappa shape index (κ1) is 18.6. The van der Waals surface area contributed by atoms with Gasteiger partial charge in [-0.3, -0.25) is 4.79 Å². The standard InChI is InChI=1S/C24H16N4O3/c1-14-10-12-15(13-11-14)20-23(29)26-22-18-8-4-5-9-19(18)25-21(28(22)27-20)16-6-2-3-7-17(16)24(30)31/h2-13H,1H3,(H,30,31). The van der Waals surface area contributed by atoms with E-state index in [1.807, 2.05) is 49.4 Å². The molecule has 0 bridgehead atoms. The van der Waals surface area contributed by atoms with E-state index < -0.39 is 11.5 Å². The van der Waals surface area contributed by atoms with Crippen molar-refractivity contribution in [2.24, 2.45) is 0 Å². The second-order valence-corrected chi connectivity index (χ2v) is 7.17. The lowest BCUT2D eigenvalue weighted by Gasteiger charge is -2.13. The molecule has 31 heavy (non-hydrogen) atoms. The van der Waals surface area contributed by atoms with Gasteiger partial charge in [-0.2, -0.15) is 14.6 Å². The summed E-state index contributed by atoms with van der Waals surface area (Å²) in [5, 5.41) is 14.9. The molecule has 7 heteroatoms. The van der Waals surface area contributed by atoms with Crippen LogP contribution >= 0.6 is 0 Å². The van der Waals surface area contributed by atoms with Crippen LogP contribution in [0.4, 0.5) is 0 Å². The van der Waals surface area contributed by atoms with Crippen LogP contribution in [0.15, 0.2) is 77.6 Å². The van der Waals surface area contributed by atoms with Gasteiger partial charge in [-0.15, -0.1) is 0 Å². The predicted molar refractivity (Wildman–Crippen MR) is 117 cm³/mol. The molecule has 0 aliphatic carbocycles. The van der Waals surface area contributed by atoms with Gasteiger partial charge in [0, 0.05) is 16.5 Å². The summed E-state index contributed by atoms with van der Waals surface area (Å²) in [5.74, 6) is -0.779. The fourth-order valence-electron chi connectivity index (χ4n) is 3.56. The van der Waals surface area contributed by atoms with Gasteiger partial charge in [-0.25, -0.2) is 9.78 Å². The summed E-state index contributed by atoms with van der Waals surface area (Å²) in [6.07, 6.45) is 0. The van der Waals surface area contributed by atoms with E-state index in [1.54, 1.807) is 24.3 Å². The number of carboxylic acids is 1. The summed E-state index contributed by atoms with van der Waals surface area (Å²) < 4.78 is 1.46. The summed E-state index contributed by atoms with van der Waals surface area (Å²) >= 11 is 0. The highest BCUT2D eigenvalue weighted by molar-refractivity contribution is 5.97. The van der Waals surface area contributed by atoms with Crippen LogP contribution in [-0.2, 0) is 0 Å². The number of carboxylic acid groups (broad SMARTS) is 1. The number of aromatic carboxylic acids is 1. The molecule has 0 amide bonds. The third-order valence-electron chi connectivity index (χ3n) is 5.11. The molecular formula is C24H16N4O3. The molecule has 5 aromatic rings. The highest BCUT2D eigenvalue weighted by Crippen LogP contribution is 2.27. The fraction of sp³-hybridized carbons (Fsp3) is 0.0417. The maximum atomic E-state index is 12.9. The number of rotatable bonds is 3. The Morgan fingerprint density at radius 3 is 2.39 bits per heavy atom. The number of hydrogen-bond acceptors (Lipinski definition) is 5. The normalized spacial score (nSPS) is 11.1. The van der Waals surface area contributed by atoms with E-state index in [4.69, 9.17) is 4.98 Å². The summed E-state index contributed by atoms with van der Waals surface area (Å²) in [6, 6.07) is 21.2. The molecule has 7 nitrogen and oxygen atoms in total. The van der Waals surface area contributed by atoms with Gasteiger partial charge in [0.1, 0.15) is 0 Å². The first-order valence-corrected chi connectivity index (χ1v) is 9.62. The highest BCUT2D eigenvalue weighted by atomic mass is 16.4. The van der Waals surface area contributed by atoms with E-state index in [0.717, 1.165) is 5.56 Å². The van der Waals surface area contributed by atoms with Crippen molar-refractivity contribution in [2.75, 3.05) is 0 Å². The molecule has 2 aromatic heterocycles. The smallest absolute Gasteiger partial charge is 0.336 e. The molecule has 5 rings (SSSR count). The van der Waals surface area contributed by atoms with E-state index >= 15 is 0 Å². The number of carbonyl (C=O) groups is 1. The number of fused-ring (bicyclic) bond motifs is 3. The predicted octanol–water partition coefficient (Wildman–Crippen LogP) is 3.98. The van der Waals surface area contributed by atoms with Crippen LogP contribution in [0, 0.1) is 6.92 Å². The lowest BCUT2D eigenvalue weighted by atomic mass is 10.1. The number of hydrogen-bond donors (Lipinski definition) is 1. The summed E-state index contributed by atoms with van der Waals surface area (Å²) in [6.45, 7) is 1.96. The van der Waals surface area contributed by atoms with Crippen LogP contribution in [0.3, 0.4) is 0 Å². The Hall–Kier alpha value is -4.39. The van der Waals surface area contributed by atoms with Crippen molar-refractivity contribution < 1.29 is 9.90 Å². The van der Waals surface area contributed by atoms with Crippen LogP contribution in [0.5, 0.6) is 0 Å². The molecule has 0 saturated carbocycles. The summed E-state index contributed by atoms with van der Waals surface area (Å²) in [7, 11) is 0. The Labute approximate surface area is 176 Å². The zero-order chi connectivity index (χ0) is 21.5. The Balaban J connectivity index is 1.92. The molecule has 0 unspecified atom stereocenters. The number of benzene rings is 3. The second-order valence-electron chi connectivity index (χ2n) is 7.17. The van der Waals surface area contributed by atoms with Crippen molar-refractivity contribution in [2.45, 2.75) is 6.92 Å². The minimum Gasteiger partial charge on any atom is -0.478 e. The molecule has 0 saturated heterocycles. The number of nitrogens with zero attached hydrogens (tertiary/aromatic N) is 4. The molecule has 1 N–H and O–H groups in total. The average molecular weight is 408 g/mol. The van der Waals surface area contributed by atoms with Crippen LogP contribution in [0.2, 0.25) is 0 Å². The van der Waals surface area contributed by atoms with E-state index in [0.29, 0.717) is 33.5 Å². The summed E-state index contributed by atoms with van der Waals surface area (Å²) in [5.41, 5.74) is 2.78. The van der Waals surface area contributed by atoms with Gasteiger partial charge >= 0.3 is 5.97 Å². The van der Waals surface area contributed by atoms with Crippen LogP contribution < -0.4 is 5.56 Å². The molecule has 0 radical (unpaired) electrons. The Bertz CT molecular complexity index is 1540. The molecular weight excluding hydrogens is 392 g/mol. The van der Waals surface area contributed by atoms with Gasteiger partial charge in [-0.05, 0) is 25.1 Å². The average Bonchev–Trinajstić information content (AvgIpc) is 2.79. The molecule has 0 atom stereocenters.